The lowest BCUT2D eigenvalue weighted by Gasteiger charge is -2.20. The average Bonchev–Trinajstić information content (AvgIpc) is 3.23. The van der Waals surface area contributed by atoms with Crippen LogP contribution in [0.25, 0.3) is 0 Å². The maximum Gasteiger partial charge on any atom is 0.236 e. The van der Waals surface area contributed by atoms with Gasteiger partial charge in [0, 0.05) is 16.8 Å². The summed E-state index contributed by atoms with van der Waals surface area (Å²) >= 11 is 7.84. The van der Waals surface area contributed by atoms with Gasteiger partial charge in [0.05, 0.1) is 16.4 Å². The van der Waals surface area contributed by atoms with E-state index < -0.39 is 5.41 Å². The van der Waals surface area contributed by atoms with E-state index >= 15 is 0 Å². The molecule has 1 amide bonds. The number of anilines is 1. The van der Waals surface area contributed by atoms with E-state index in [0.29, 0.717) is 21.7 Å². The minimum absolute atomic E-state index is 0.00263. The van der Waals surface area contributed by atoms with E-state index in [1.165, 1.54) is 11.3 Å². The molecule has 0 saturated heterocycles. The number of hydrogen-bond donors (Lipinski definition) is 1. The van der Waals surface area contributed by atoms with E-state index in [0.717, 1.165) is 28.8 Å². The fourth-order valence-electron chi connectivity index (χ4n) is 3.90. The van der Waals surface area contributed by atoms with Crippen molar-refractivity contribution in [2.24, 2.45) is 0 Å². The van der Waals surface area contributed by atoms with Crippen LogP contribution in [0.1, 0.15) is 48.8 Å². The van der Waals surface area contributed by atoms with Crippen LogP contribution < -0.4 is 14.8 Å². The van der Waals surface area contributed by atoms with Crippen LogP contribution in [0.5, 0.6) is 11.5 Å². The zero-order valence-corrected chi connectivity index (χ0v) is 19.3. The van der Waals surface area contributed by atoms with Crippen molar-refractivity contribution in [1.29, 1.82) is 0 Å². The number of amides is 1. The first-order valence-electron chi connectivity index (χ1n) is 10.5. The summed E-state index contributed by atoms with van der Waals surface area (Å²) in [5.41, 5.74) is 1.26. The number of fused-ring (bicyclic) bond motifs is 1. The van der Waals surface area contributed by atoms with Gasteiger partial charge < -0.3 is 19.5 Å². The third kappa shape index (κ3) is 3.96. The molecule has 2 aliphatic rings. The molecule has 32 heavy (non-hydrogen) atoms. The highest BCUT2D eigenvalue weighted by molar-refractivity contribution is 7.15. The van der Waals surface area contributed by atoms with Crippen LogP contribution in [0.15, 0.2) is 48.7 Å². The molecule has 166 valence electrons. The summed E-state index contributed by atoms with van der Waals surface area (Å²) in [5, 5.41) is 4.19. The van der Waals surface area contributed by atoms with Gasteiger partial charge in [-0.15, -0.1) is 0 Å². The SMILES string of the molecule is CC(C)OC(c1cnc(NC(=O)C2(c3ccc4c(c3)OCO4)CC2)s1)c1ccccc1Cl. The van der Waals surface area contributed by atoms with Crippen molar-refractivity contribution >= 4 is 34.0 Å². The van der Waals surface area contributed by atoms with E-state index in [1.54, 1.807) is 6.20 Å². The summed E-state index contributed by atoms with van der Waals surface area (Å²) in [5.74, 6) is 1.34. The van der Waals surface area contributed by atoms with Crippen molar-refractivity contribution in [1.82, 2.24) is 4.98 Å². The quantitative estimate of drug-likeness (QED) is 0.479. The molecule has 0 spiro atoms. The van der Waals surface area contributed by atoms with Gasteiger partial charge in [-0.2, -0.15) is 0 Å². The predicted octanol–water partition coefficient (Wildman–Crippen LogP) is 5.71. The van der Waals surface area contributed by atoms with Gasteiger partial charge in [0.15, 0.2) is 16.6 Å². The second kappa shape index (κ2) is 8.39. The third-order valence-corrected chi connectivity index (χ3v) is 7.01. The lowest BCUT2D eigenvalue weighted by Crippen LogP contribution is -2.27. The normalized spacial score (nSPS) is 16.8. The summed E-state index contributed by atoms with van der Waals surface area (Å²) in [6.07, 6.45) is 2.97. The Balaban J connectivity index is 1.36. The van der Waals surface area contributed by atoms with Crippen LogP contribution in [0, 0.1) is 0 Å². The molecule has 1 unspecified atom stereocenters. The molecule has 1 atom stereocenters. The zero-order valence-electron chi connectivity index (χ0n) is 17.8. The van der Waals surface area contributed by atoms with E-state index in [4.69, 9.17) is 25.8 Å². The van der Waals surface area contributed by atoms with Crippen LogP contribution in [0.3, 0.4) is 0 Å². The number of nitrogens with one attached hydrogen (secondary N) is 1. The predicted molar refractivity (Wildman–Crippen MR) is 124 cm³/mol. The second-order valence-electron chi connectivity index (χ2n) is 8.26. The van der Waals surface area contributed by atoms with E-state index in [9.17, 15) is 4.79 Å². The molecule has 8 heteroatoms. The molecule has 1 aromatic heterocycles. The highest BCUT2D eigenvalue weighted by atomic mass is 35.5. The molecular formula is C24H23ClN2O4S. The Morgan fingerprint density at radius 1 is 1.19 bits per heavy atom. The van der Waals surface area contributed by atoms with Gasteiger partial charge in [-0.1, -0.05) is 47.2 Å². The molecule has 1 aliphatic carbocycles. The molecule has 5 rings (SSSR count). The number of rotatable bonds is 7. The average molecular weight is 471 g/mol. The maximum atomic E-state index is 13.2. The lowest BCUT2D eigenvalue weighted by molar-refractivity contribution is -0.118. The maximum absolute atomic E-state index is 13.2. The first-order chi connectivity index (χ1) is 15.5. The van der Waals surface area contributed by atoms with Crippen LogP contribution in [-0.4, -0.2) is 23.8 Å². The van der Waals surface area contributed by atoms with E-state index in [-0.39, 0.29) is 24.9 Å². The number of nitrogens with zero attached hydrogens (tertiary/aromatic N) is 1. The summed E-state index contributed by atoms with van der Waals surface area (Å²) in [6.45, 7) is 4.18. The Morgan fingerprint density at radius 3 is 2.72 bits per heavy atom. The van der Waals surface area contributed by atoms with E-state index in [2.05, 4.69) is 10.3 Å². The molecule has 1 aliphatic heterocycles. The molecule has 2 heterocycles. The molecule has 1 fully saturated rings. The van der Waals surface area contributed by atoms with Gasteiger partial charge in [0.25, 0.3) is 0 Å². The van der Waals surface area contributed by atoms with E-state index in [1.807, 2.05) is 56.3 Å². The number of aromatic nitrogens is 1. The van der Waals surface area contributed by atoms with Gasteiger partial charge in [-0.3, -0.25) is 4.79 Å². The molecule has 1 saturated carbocycles. The number of halogens is 1. The monoisotopic (exact) mass is 470 g/mol. The summed E-state index contributed by atoms with van der Waals surface area (Å²) < 4.78 is 17.0. The number of ether oxygens (including phenoxy) is 3. The standard InChI is InChI=1S/C24H23ClN2O4S/c1-14(2)31-21(16-5-3-4-6-17(16)25)20-12-26-23(32-20)27-22(28)24(9-10-24)15-7-8-18-19(11-15)30-13-29-18/h3-8,11-12,14,21H,9-10,13H2,1-2H3,(H,26,27,28). The molecule has 1 N–H and O–H groups in total. The van der Waals surface area contributed by atoms with Crippen LogP contribution in [0.4, 0.5) is 5.13 Å². The molecule has 0 bridgehead atoms. The smallest absolute Gasteiger partial charge is 0.236 e. The first-order valence-corrected chi connectivity index (χ1v) is 11.7. The third-order valence-electron chi connectivity index (χ3n) is 5.71. The Hall–Kier alpha value is -2.61. The first kappa shape index (κ1) is 21.2. The summed E-state index contributed by atoms with van der Waals surface area (Å²) in [4.78, 5) is 18.5. The number of thiazole rings is 1. The Bertz CT molecular complexity index is 1160. The lowest BCUT2D eigenvalue weighted by atomic mass is 9.94. The summed E-state index contributed by atoms with van der Waals surface area (Å²) in [7, 11) is 0. The number of hydrogen-bond acceptors (Lipinski definition) is 6. The van der Waals surface area contributed by atoms with Gasteiger partial charge in [0.2, 0.25) is 12.7 Å². The van der Waals surface area contributed by atoms with Crippen LogP contribution in [0.2, 0.25) is 5.02 Å². The number of carbonyl (C=O) groups excluding carboxylic acids is 1. The van der Waals surface area contributed by atoms with Crippen molar-refractivity contribution < 1.29 is 19.0 Å². The molecule has 3 aromatic rings. The highest BCUT2D eigenvalue weighted by Gasteiger charge is 2.52. The molecular weight excluding hydrogens is 448 g/mol. The van der Waals surface area contributed by atoms with Gasteiger partial charge >= 0.3 is 0 Å². The minimum Gasteiger partial charge on any atom is -0.454 e. The van der Waals surface area contributed by atoms with Crippen molar-refractivity contribution in [3.8, 4) is 11.5 Å². The fourth-order valence-corrected chi connectivity index (χ4v) is 5.00. The molecule has 6 nitrogen and oxygen atoms in total. The van der Waals surface area contributed by atoms with Crippen molar-refractivity contribution in [3.05, 3.63) is 69.7 Å². The van der Waals surface area contributed by atoms with Crippen molar-refractivity contribution in [2.45, 2.75) is 44.3 Å². The fraction of sp³-hybridized carbons (Fsp3) is 0.333. The minimum atomic E-state index is -0.552. The van der Waals surface area contributed by atoms with Gasteiger partial charge in [0.1, 0.15) is 6.10 Å². The largest absolute Gasteiger partial charge is 0.454 e. The van der Waals surface area contributed by atoms with Gasteiger partial charge in [-0.05, 0) is 50.5 Å². The zero-order chi connectivity index (χ0) is 22.3. The topological polar surface area (TPSA) is 69.7 Å². The summed E-state index contributed by atoms with van der Waals surface area (Å²) in [6, 6.07) is 13.3. The van der Waals surface area contributed by atoms with Crippen molar-refractivity contribution in [2.75, 3.05) is 12.1 Å². The molecule has 0 radical (unpaired) electrons. The van der Waals surface area contributed by atoms with Crippen LogP contribution in [-0.2, 0) is 14.9 Å². The highest BCUT2D eigenvalue weighted by Crippen LogP contribution is 2.51. The Kier molecular flexibility index (Phi) is 5.57. The molecule has 2 aromatic carbocycles. The van der Waals surface area contributed by atoms with Crippen molar-refractivity contribution in [3.63, 3.8) is 0 Å². The Labute approximate surface area is 195 Å². The second-order valence-corrected chi connectivity index (χ2v) is 9.73. The Morgan fingerprint density at radius 2 is 1.97 bits per heavy atom. The van der Waals surface area contributed by atoms with Gasteiger partial charge in [-0.25, -0.2) is 4.98 Å². The number of benzene rings is 2. The van der Waals surface area contributed by atoms with Crippen LogP contribution >= 0.6 is 22.9 Å². The number of carbonyl (C=O) groups is 1.